The molecule has 5 heteroatoms. The molecule has 0 aromatic heterocycles. The maximum absolute atomic E-state index is 5.96. The number of hydrogen-bond donors (Lipinski definition) is 2. The highest BCUT2D eigenvalue weighted by atomic mass is 79.9. The molecule has 2 rings (SSSR count). The molecular weight excluding hydrogens is 344 g/mol. The van der Waals surface area contributed by atoms with Crippen molar-refractivity contribution in [2.75, 3.05) is 5.32 Å². The highest BCUT2D eigenvalue weighted by Gasteiger charge is 2.04. The van der Waals surface area contributed by atoms with Gasteiger partial charge in [-0.3, -0.25) is 0 Å². The summed E-state index contributed by atoms with van der Waals surface area (Å²) in [6.45, 7) is 1.98. The fourth-order valence-corrected chi connectivity index (χ4v) is 2.48. The van der Waals surface area contributed by atoms with Crippen molar-refractivity contribution in [1.82, 2.24) is 0 Å². The zero-order valence-electron chi connectivity index (χ0n) is 10.2. The van der Waals surface area contributed by atoms with E-state index in [4.69, 9.17) is 29.6 Å². The SMILES string of the molecule is Cc1cc(Nc2ccc(Cl)c(Br)c2)ccc1C(N)=S. The van der Waals surface area contributed by atoms with Gasteiger partial charge in [0, 0.05) is 21.4 Å². The highest BCUT2D eigenvalue weighted by molar-refractivity contribution is 9.10. The molecule has 3 N–H and O–H groups in total. The number of aryl methyl sites for hydroxylation is 1. The van der Waals surface area contributed by atoms with E-state index in [0.717, 1.165) is 27.0 Å². The summed E-state index contributed by atoms with van der Waals surface area (Å²) in [5.74, 6) is 0. The third kappa shape index (κ3) is 3.47. The van der Waals surface area contributed by atoms with Crippen LogP contribution in [0.2, 0.25) is 5.02 Å². The Balaban J connectivity index is 2.26. The van der Waals surface area contributed by atoms with Crippen LogP contribution in [0, 0.1) is 6.92 Å². The Kier molecular flexibility index (Phi) is 4.45. The molecule has 0 atom stereocenters. The lowest BCUT2D eigenvalue weighted by atomic mass is 10.1. The standard InChI is InChI=1S/C14H12BrClN2S/c1-8-6-9(2-4-11(8)14(17)19)18-10-3-5-13(16)12(15)7-10/h2-7,18H,1H3,(H2,17,19). The second-order valence-electron chi connectivity index (χ2n) is 4.15. The fourth-order valence-electron chi connectivity index (χ4n) is 1.76. The molecule has 0 fully saturated rings. The van der Waals surface area contributed by atoms with Gasteiger partial charge in [0.25, 0.3) is 0 Å². The van der Waals surface area contributed by atoms with Crippen molar-refractivity contribution in [3.63, 3.8) is 0 Å². The van der Waals surface area contributed by atoms with Gasteiger partial charge >= 0.3 is 0 Å². The van der Waals surface area contributed by atoms with Gasteiger partial charge in [-0.25, -0.2) is 0 Å². The minimum atomic E-state index is 0.415. The number of thiocarbonyl (C=S) groups is 1. The van der Waals surface area contributed by atoms with Gasteiger partial charge in [-0.1, -0.05) is 23.8 Å². The predicted octanol–water partition coefficient (Wildman–Crippen LogP) is 4.79. The summed E-state index contributed by atoms with van der Waals surface area (Å²) in [5, 5.41) is 3.99. The molecule has 0 heterocycles. The Morgan fingerprint density at radius 1 is 1.21 bits per heavy atom. The van der Waals surface area contributed by atoms with Crippen molar-refractivity contribution < 1.29 is 0 Å². The molecule has 0 aliphatic heterocycles. The molecule has 19 heavy (non-hydrogen) atoms. The molecular formula is C14H12BrClN2S. The minimum absolute atomic E-state index is 0.415. The van der Waals surface area contributed by atoms with Gasteiger partial charge in [-0.05, 0) is 64.8 Å². The van der Waals surface area contributed by atoms with Crippen LogP contribution in [-0.2, 0) is 0 Å². The van der Waals surface area contributed by atoms with Gasteiger partial charge in [0.05, 0.1) is 5.02 Å². The largest absolute Gasteiger partial charge is 0.389 e. The predicted molar refractivity (Wildman–Crippen MR) is 89.5 cm³/mol. The van der Waals surface area contributed by atoms with Crippen LogP contribution in [0.4, 0.5) is 11.4 Å². The van der Waals surface area contributed by atoms with E-state index >= 15 is 0 Å². The molecule has 0 saturated carbocycles. The van der Waals surface area contributed by atoms with Crippen molar-refractivity contribution in [2.45, 2.75) is 6.92 Å². The zero-order valence-corrected chi connectivity index (χ0v) is 13.4. The van der Waals surface area contributed by atoms with Crippen LogP contribution in [0.3, 0.4) is 0 Å². The Bertz CT molecular complexity index is 643. The molecule has 98 valence electrons. The second-order valence-corrected chi connectivity index (χ2v) is 5.85. The molecule has 0 amide bonds. The van der Waals surface area contributed by atoms with Crippen molar-refractivity contribution in [2.24, 2.45) is 5.73 Å². The number of hydrogen-bond acceptors (Lipinski definition) is 2. The fraction of sp³-hybridized carbons (Fsp3) is 0.0714. The Morgan fingerprint density at radius 3 is 2.42 bits per heavy atom. The Labute approximate surface area is 131 Å². The summed E-state index contributed by atoms with van der Waals surface area (Å²) in [4.78, 5) is 0.415. The summed E-state index contributed by atoms with van der Waals surface area (Å²) in [7, 11) is 0. The Morgan fingerprint density at radius 2 is 1.84 bits per heavy atom. The average molecular weight is 356 g/mol. The summed E-state index contributed by atoms with van der Waals surface area (Å²) in [6, 6.07) is 11.6. The molecule has 2 aromatic carbocycles. The normalized spacial score (nSPS) is 10.3. The molecule has 0 aliphatic rings. The smallest absolute Gasteiger partial charge is 0.104 e. The van der Waals surface area contributed by atoms with Crippen molar-refractivity contribution in [1.29, 1.82) is 0 Å². The van der Waals surface area contributed by atoms with Crippen LogP contribution in [0.15, 0.2) is 40.9 Å². The maximum atomic E-state index is 5.96. The molecule has 0 aliphatic carbocycles. The average Bonchev–Trinajstić information content (AvgIpc) is 2.33. The molecule has 0 radical (unpaired) electrons. The van der Waals surface area contributed by atoms with E-state index < -0.39 is 0 Å². The number of nitrogens with two attached hydrogens (primary N) is 1. The lowest BCUT2D eigenvalue weighted by Crippen LogP contribution is -2.11. The lowest BCUT2D eigenvalue weighted by Gasteiger charge is -2.10. The first-order chi connectivity index (χ1) is 8.97. The zero-order chi connectivity index (χ0) is 14.0. The first kappa shape index (κ1) is 14.3. The summed E-state index contributed by atoms with van der Waals surface area (Å²) in [5.41, 5.74) is 9.53. The second kappa shape index (κ2) is 5.90. The van der Waals surface area contributed by atoms with Crippen molar-refractivity contribution >= 4 is 56.1 Å². The van der Waals surface area contributed by atoms with Crippen molar-refractivity contribution in [3.8, 4) is 0 Å². The molecule has 0 bridgehead atoms. The van der Waals surface area contributed by atoms with E-state index in [9.17, 15) is 0 Å². The van der Waals surface area contributed by atoms with Crippen molar-refractivity contribution in [3.05, 3.63) is 57.0 Å². The molecule has 0 saturated heterocycles. The van der Waals surface area contributed by atoms with Crippen LogP contribution in [0.25, 0.3) is 0 Å². The summed E-state index contributed by atoms with van der Waals surface area (Å²) in [6.07, 6.45) is 0. The maximum Gasteiger partial charge on any atom is 0.104 e. The summed E-state index contributed by atoms with van der Waals surface area (Å²) < 4.78 is 0.857. The van der Waals surface area contributed by atoms with E-state index in [1.807, 2.05) is 43.3 Å². The number of nitrogens with one attached hydrogen (secondary N) is 1. The van der Waals surface area contributed by atoms with Crippen LogP contribution >= 0.6 is 39.7 Å². The quantitative estimate of drug-likeness (QED) is 0.778. The molecule has 0 spiro atoms. The van der Waals surface area contributed by atoms with Gasteiger partial charge in [0.15, 0.2) is 0 Å². The van der Waals surface area contributed by atoms with Crippen LogP contribution < -0.4 is 11.1 Å². The van der Waals surface area contributed by atoms with Gasteiger partial charge < -0.3 is 11.1 Å². The summed E-state index contributed by atoms with van der Waals surface area (Å²) >= 11 is 14.4. The molecule has 2 aromatic rings. The van der Waals surface area contributed by atoms with E-state index in [-0.39, 0.29) is 0 Å². The Hall–Kier alpha value is -1.10. The van der Waals surface area contributed by atoms with Gasteiger partial charge in [-0.15, -0.1) is 0 Å². The number of benzene rings is 2. The number of rotatable bonds is 3. The number of halogens is 2. The van der Waals surface area contributed by atoms with E-state index in [1.54, 1.807) is 0 Å². The third-order valence-electron chi connectivity index (χ3n) is 2.70. The van der Waals surface area contributed by atoms with Gasteiger partial charge in [0.1, 0.15) is 4.99 Å². The monoisotopic (exact) mass is 354 g/mol. The van der Waals surface area contributed by atoms with Crippen LogP contribution in [-0.4, -0.2) is 4.99 Å². The highest BCUT2D eigenvalue weighted by Crippen LogP contribution is 2.27. The molecule has 0 unspecified atom stereocenters. The van der Waals surface area contributed by atoms with Crippen LogP contribution in [0.5, 0.6) is 0 Å². The topological polar surface area (TPSA) is 38.0 Å². The minimum Gasteiger partial charge on any atom is -0.389 e. The lowest BCUT2D eigenvalue weighted by molar-refractivity contribution is 1.42. The van der Waals surface area contributed by atoms with E-state index in [1.165, 1.54) is 0 Å². The molecule has 2 nitrogen and oxygen atoms in total. The van der Waals surface area contributed by atoms with Gasteiger partial charge in [0.2, 0.25) is 0 Å². The van der Waals surface area contributed by atoms with Gasteiger partial charge in [-0.2, -0.15) is 0 Å². The van der Waals surface area contributed by atoms with Crippen LogP contribution in [0.1, 0.15) is 11.1 Å². The number of anilines is 2. The first-order valence-electron chi connectivity index (χ1n) is 5.60. The first-order valence-corrected chi connectivity index (χ1v) is 7.18. The third-order valence-corrected chi connectivity index (χ3v) is 4.13. The van der Waals surface area contributed by atoms with E-state index in [2.05, 4.69) is 21.2 Å². The van der Waals surface area contributed by atoms with E-state index in [0.29, 0.717) is 10.0 Å².